The number of nitrogens with zero attached hydrogens (tertiary/aromatic N) is 1. The molecule has 0 saturated heterocycles. The van der Waals surface area contributed by atoms with Gasteiger partial charge in [0.25, 0.3) is 5.69 Å². The molecule has 2 rings (SSSR count). The van der Waals surface area contributed by atoms with Crippen molar-refractivity contribution in [2.24, 2.45) is 0 Å². The van der Waals surface area contributed by atoms with E-state index in [4.69, 9.17) is 0 Å². The zero-order valence-corrected chi connectivity index (χ0v) is 10.9. The lowest BCUT2D eigenvalue weighted by Crippen LogP contribution is -2.38. The Hall–Kier alpha value is -2.32. The fraction of sp³-hybridized carbons (Fsp3) is 0.417. The number of esters is 1. The number of benzene rings is 1. The van der Waals surface area contributed by atoms with E-state index in [1.807, 2.05) is 0 Å². The summed E-state index contributed by atoms with van der Waals surface area (Å²) in [4.78, 5) is 21.5. The summed E-state index contributed by atoms with van der Waals surface area (Å²) in [5, 5.41) is 13.1. The van der Waals surface area contributed by atoms with Crippen molar-refractivity contribution in [1.29, 1.82) is 0 Å². The standard InChI is InChI=1S/C12H11F3N2O4/c1-21-10(18)7-2-3-9(17(19)20)8(6-7)16-11(4-5-11)12(13,14)15/h2-3,6,16H,4-5H2,1H3. The maximum absolute atomic E-state index is 12.9. The quantitative estimate of drug-likeness (QED) is 0.525. The second-order valence-corrected chi connectivity index (χ2v) is 4.69. The average Bonchev–Trinajstić information content (AvgIpc) is 3.17. The van der Waals surface area contributed by atoms with E-state index in [-0.39, 0.29) is 24.1 Å². The molecule has 21 heavy (non-hydrogen) atoms. The minimum Gasteiger partial charge on any atom is -0.465 e. The lowest BCUT2D eigenvalue weighted by Gasteiger charge is -2.22. The smallest absolute Gasteiger partial charge is 0.411 e. The number of anilines is 1. The van der Waals surface area contributed by atoms with Gasteiger partial charge in [-0.2, -0.15) is 13.2 Å². The first-order valence-corrected chi connectivity index (χ1v) is 5.92. The van der Waals surface area contributed by atoms with E-state index in [0.29, 0.717) is 0 Å². The summed E-state index contributed by atoms with van der Waals surface area (Å²) in [5.41, 5.74) is -3.11. The van der Waals surface area contributed by atoms with Gasteiger partial charge in [-0.05, 0) is 25.0 Å². The Morgan fingerprint density at radius 1 is 1.43 bits per heavy atom. The van der Waals surface area contributed by atoms with E-state index in [0.717, 1.165) is 25.3 Å². The van der Waals surface area contributed by atoms with Crippen LogP contribution in [0.25, 0.3) is 0 Å². The zero-order chi connectivity index (χ0) is 15.8. The van der Waals surface area contributed by atoms with Gasteiger partial charge in [0.05, 0.1) is 17.6 Å². The van der Waals surface area contributed by atoms with E-state index in [2.05, 4.69) is 10.1 Å². The molecule has 0 bridgehead atoms. The van der Waals surface area contributed by atoms with Crippen molar-refractivity contribution < 1.29 is 27.6 Å². The summed E-state index contributed by atoms with van der Waals surface area (Å²) in [5.74, 6) is -0.787. The lowest BCUT2D eigenvalue weighted by molar-refractivity contribution is -0.384. The lowest BCUT2D eigenvalue weighted by atomic mass is 10.1. The Morgan fingerprint density at radius 2 is 2.05 bits per heavy atom. The van der Waals surface area contributed by atoms with Crippen molar-refractivity contribution >= 4 is 17.3 Å². The fourth-order valence-corrected chi connectivity index (χ4v) is 1.90. The summed E-state index contributed by atoms with van der Waals surface area (Å²) >= 11 is 0. The van der Waals surface area contributed by atoms with Gasteiger partial charge in [0.1, 0.15) is 11.2 Å². The molecule has 1 aromatic carbocycles. The van der Waals surface area contributed by atoms with Crippen molar-refractivity contribution in [3.63, 3.8) is 0 Å². The van der Waals surface area contributed by atoms with Crippen LogP contribution in [0.5, 0.6) is 0 Å². The maximum Gasteiger partial charge on any atom is 0.411 e. The van der Waals surface area contributed by atoms with Crippen LogP contribution in [0.1, 0.15) is 23.2 Å². The molecule has 0 unspecified atom stereocenters. The molecule has 0 atom stereocenters. The Morgan fingerprint density at radius 3 is 2.48 bits per heavy atom. The number of carbonyl (C=O) groups is 1. The molecule has 1 aliphatic rings. The van der Waals surface area contributed by atoms with Crippen LogP contribution in [-0.2, 0) is 4.74 Å². The van der Waals surface area contributed by atoms with Crippen molar-refractivity contribution in [3.05, 3.63) is 33.9 Å². The minimum absolute atomic E-state index is 0.0661. The molecule has 1 aromatic rings. The molecule has 114 valence electrons. The van der Waals surface area contributed by atoms with Crippen LogP contribution >= 0.6 is 0 Å². The van der Waals surface area contributed by atoms with Crippen LogP contribution in [0.4, 0.5) is 24.5 Å². The van der Waals surface area contributed by atoms with Crippen molar-refractivity contribution in [3.8, 4) is 0 Å². The number of ether oxygens (including phenoxy) is 1. The summed E-state index contributed by atoms with van der Waals surface area (Å²) in [6, 6.07) is 3.10. The van der Waals surface area contributed by atoms with Crippen molar-refractivity contribution in [2.45, 2.75) is 24.6 Å². The SMILES string of the molecule is COC(=O)c1ccc([N+](=O)[O-])c(NC2(C(F)(F)F)CC2)c1. The molecule has 9 heteroatoms. The second-order valence-electron chi connectivity index (χ2n) is 4.69. The van der Waals surface area contributed by atoms with Gasteiger partial charge < -0.3 is 10.1 Å². The highest BCUT2D eigenvalue weighted by Crippen LogP contribution is 2.52. The molecule has 0 amide bonds. The normalized spacial score (nSPS) is 16.2. The first-order chi connectivity index (χ1) is 9.70. The highest BCUT2D eigenvalue weighted by molar-refractivity contribution is 5.91. The molecule has 0 radical (unpaired) electrons. The molecular weight excluding hydrogens is 293 g/mol. The van der Waals surface area contributed by atoms with E-state index in [9.17, 15) is 28.1 Å². The molecule has 0 spiro atoms. The van der Waals surface area contributed by atoms with Crippen LogP contribution in [0.15, 0.2) is 18.2 Å². The van der Waals surface area contributed by atoms with Gasteiger partial charge in [0, 0.05) is 6.07 Å². The first-order valence-electron chi connectivity index (χ1n) is 5.92. The molecule has 1 saturated carbocycles. The Labute approximate surface area is 117 Å². The van der Waals surface area contributed by atoms with E-state index >= 15 is 0 Å². The number of nitro benzene ring substituents is 1. The largest absolute Gasteiger partial charge is 0.465 e. The molecule has 0 heterocycles. The van der Waals surface area contributed by atoms with Crippen LogP contribution < -0.4 is 5.32 Å². The van der Waals surface area contributed by atoms with Gasteiger partial charge in [-0.25, -0.2) is 4.79 Å². The van der Waals surface area contributed by atoms with Crippen LogP contribution in [0.3, 0.4) is 0 Å². The number of halogens is 3. The van der Waals surface area contributed by atoms with Gasteiger partial charge in [-0.3, -0.25) is 10.1 Å². The zero-order valence-electron chi connectivity index (χ0n) is 10.9. The number of carbonyl (C=O) groups excluding carboxylic acids is 1. The molecule has 0 aliphatic heterocycles. The van der Waals surface area contributed by atoms with Gasteiger partial charge >= 0.3 is 12.1 Å². The van der Waals surface area contributed by atoms with E-state index in [1.54, 1.807) is 0 Å². The number of alkyl halides is 3. The van der Waals surface area contributed by atoms with Crippen LogP contribution in [0.2, 0.25) is 0 Å². The van der Waals surface area contributed by atoms with E-state index < -0.39 is 28.3 Å². The summed E-state index contributed by atoms with van der Waals surface area (Å²) in [6.07, 6.45) is -4.87. The summed E-state index contributed by atoms with van der Waals surface area (Å²) in [7, 11) is 1.11. The highest BCUT2D eigenvalue weighted by atomic mass is 19.4. The predicted molar refractivity (Wildman–Crippen MR) is 66.1 cm³/mol. The minimum atomic E-state index is -4.53. The number of rotatable bonds is 4. The third-order valence-electron chi connectivity index (χ3n) is 3.28. The molecule has 1 N–H and O–H groups in total. The number of hydrogen-bond acceptors (Lipinski definition) is 5. The number of methoxy groups -OCH3 is 1. The topological polar surface area (TPSA) is 81.5 Å². The van der Waals surface area contributed by atoms with Gasteiger partial charge in [0.2, 0.25) is 0 Å². The monoisotopic (exact) mass is 304 g/mol. The molecule has 1 aliphatic carbocycles. The summed E-state index contributed by atoms with van der Waals surface area (Å²) in [6.45, 7) is 0. The highest BCUT2D eigenvalue weighted by Gasteiger charge is 2.64. The van der Waals surface area contributed by atoms with Gasteiger partial charge in [0.15, 0.2) is 0 Å². The third kappa shape index (κ3) is 2.76. The molecule has 6 nitrogen and oxygen atoms in total. The van der Waals surface area contributed by atoms with Crippen molar-refractivity contribution in [2.75, 3.05) is 12.4 Å². The molecule has 0 aromatic heterocycles. The van der Waals surface area contributed by atoms with E-state index in [1.165, 1.54) is 0 Å². The van der Waals surface area contributed by atoms with Crippen molar-refractivity contribution in [1.82, 2.24) is 0 Å². The Kier molecular flexibility index (Phi) is 3.52. The van der Waals surface area contributed by atoms with Crippen LogP contribution in [0, 0.1) is 10.1 Å². The average molecular weight is 304 g/mol. The summed E-state index contributed by atoms with van der Waals surface area (Å²) < 4.78 is 43.2. The third-order valence-corrected chi connectivity index (χ3v) is 3.28. The first kappa shape index (κ1) is 15.1. The second kappa shape index (κ2) is 4.90. The number of nitrogens with one attached hydrogen (secondary N) is 1. The Bertz CT molecular complexity index is 597. The number of nitro groups is 1. The van der Waals surface area contributed by atoms with Gasteiger partial charge in [-0.15, -0.1) is 0 Å². The maximum atomic E-state index is 12.9. The molecule has 1 fully saturated rings. The molecular formula is C12H11F3N2O4. The van der Waals surface area contributed by atoms with Crippen LogP contribution in [-0.4, -0.2) is 29.7 Å². The predicted octanol–water partition coefficient (Wildman–Crippen LogP) is 2.89. The fourth-order valence-electron chi connectivity index (χ4n) is 1.90. The Balaban J connectivity index is 2.41. The van der Waals surface area contributed by atoms with Gasteiger partial charge in [-0.1, -0.05) is 0 Å². The number of hydrogen-bond donors (Lipinski definition) is 1.